The molecule has 4 nitrogen and oxygen atoms in total. The maximum absolute atomic E-state index is 5.68. The Bertz CT molecular complexity index is 420. The molecule has 0 radical (unpaired) electrons. The molecule has 0 unspecified atom stereocenters. The zero-order valence-electron chi connectivity index (χ0n) is 7.72. The van der Waals surface area contributed by atoms with E-state index in [-0.39, 0.29) is 0 Å². The highest BCUT2D eigenvalue weighted by molar-refractivity contribution is 5.51. The number of nitrogens with two attached hydrogens (primary N) is 2. The minimum atomic E-state index is 0.471. The van der Waals surface area contributed by atoms with E-state index in [2.05, 4.69) is 4.98 Å². The fourth-order valence-electron chi connectivity index (χ4n) is 1.42. The molecule has 2 rings (SSSR count). The minimum Gasteiger partial charge on any atom is -0.399 e. The number of anilines is 1. The molecule has 0 aliphatic carbocycles. The minimum absolute atomic E-state index is 0.471. The summed E-state index contributed by atoms with van der Waals surface area (Å²) in [5, 5.41) is 0. The third kappa shape index (κ3) is 1.47. The Morgan fingerprint density at radius 3 is 2.86 bits per heavy atom. The number of hydrogen-bond acceptors (Lipinski definition) is 3. The van der Waals surface area contributed by atoms with Crippen molar-refractivity contribution in [3.05, 3.63) is 42.5 Å². The monoisotopic (exact) mass is 188 g/mol. The van der Waals surface area contributed by atoms with Gasteiger partial charge in [-0.3, -0.25) is 0 Å². The van der Waals surface area contributed by atoms with Crippen molar-refractivity contribution in [2.45, 2.75) is 6.54 Å². The van der Waals surface area contributed by atoms with Gasteiger partial charge in [0.1, 0.15) is 0 Å². The van der Waals surface area contributed by atoms with Gasteiger partial charge in [0.15, 0.2) is 0 Å². The van der Waals surface area contributed by atoms with Crippen molar-refractivity contribution in [2.24, 2.45) is 5.73 Å². The summed E-state index contributed by atoms with van der Waals surface area (Å²) >= 11 is 0. The van der Waals surface area contributed by atoms with Crippen molar-refractivity contribution in [1.29, 1.82) is 0 Å². The van der Waals surface area contributed by atoms with Crippen molar-refractivity contribution in [3.63, 3.8) is 0 Å². The lowest BCUT2D eigenvalue weighted by Gasteiger charge is -2.08. The summed E-state index contributed by atoms with van der Waals surface area (Å²) in [6, 6.07) is 5.68. The molecule has 0 aliphatic rings. The van der Waals surface area contributed by atoms with E-state index in [0.717, 1.165) is 16.9 Å². The lowest BCUT2D eigenvalue weighted by atomic mass is 10.1. The molecule has 0 amide bonds. The van der Waals surface area contributed by atoms with Gasteiger partial charge in [0.2, 0.25) is 0 Å². The summed E-state index contributed by atoms with van der Waals surface area (Å²) in [6.45, 7) is 0.471. The first-order valence-electron chi connectivity index (χ1n) is 4.38. The summed E-state index contributed by atoms with van der Waals surface area (Å²) in [7, 11) is 0. The maximum atomic E-state index is 5.68. The molecule has 14 heavy (non-hydrogen) atoms. The molecule has 72 valence electrons. The Labute approximate surface area is 82.2 Å². The van der Waals surface area contributed by atoms with Crippen LogP contribution in [0.4, 0.5) is 5.69 Å². The third-order valence-corrected chi connectivity index (χ3v) is 2.11. The van der Waals surface area contributed by atoms with Gasteiger partial charge >= 0.3 is 0 Å². The van der Waals surface area contributed by atoms with E-state index in [0.29, 0.717) is 6.54 Å². The van der Waals surface area contributed by atoms with Crippen LogP contribution in [0.1, 0.15) is 5.56 Å². The van der Waals surface area contributed by atoms with Crippen molar-refractivity contribution in [3.8, 4) is 5.69 Å². The Kier molecular flexibility index (Phi) is 2.20. The number of benzene rings is 1. The first-order valence-corrected chi connectivity index (χ1v) is 4.38. The van der Waals surface area contributed by atoms with E-state index < -0.39 is 0 Å². The second kappa shape index (κ2) is 3.51. The lowest BCUT2D eigenvalue weighted by Crippen LogP contribution is -2.04. The summed E-state index contributed by atoms with van der Waals surface area (Å²) < 4.78 is 1.92. The van der Waals surface area contributed by atoms with Gasteiger partial charge in [0.25, 0.3) is 0 Å². The summed E-state index contributed by atoms with van der Waals surface area (Å²) in [5.41, 5.74) is 14.1. The van der Waals surface area contributed by atoms with Crippen molar-refractivity contribution in [1.82, 2.24) is 9.55 Å². The van der Waals surface area contributed by atoms with E-state index in [1.165, 1.54) is 0 Å². The predicted molar refractivity (Wildman–Crippen MR) is 55.9 cm³/mol. The van der Waals surface area contributed by atoms with Crippen LogP contribution in [0, 0.1) is 0 Å². The van der Waals surface area contributed by atoms with Gasteiger partial charge in [-0.15, -0.1) is 0 Å². The Hall–Kier alpha value is -1.81. The summed E-state index contributed by atoms with van der Waals surface area (Å²) in [5.74, 6) is 0. The molecule has 0 saturated carbocycles. The molecule has 1 aromatic carbocycles. The quantitative estimate of drug-likeness (QED) is 0.688. The van der Waals surface area contributed by atoms with Gasteiger partial charge in [-0.1, -0.05) is 0 Å². The zero-order valence-corrected chi connectivity index (χ0v) is 7.72. The third-order valence-electron chi connectivity index (χ3n) is 2.11. The van der Waals surface area contributed by atoms with Crippen molar-refractivity contribution >= 4 is 5.69 Å². The average molecular weight is 188 g/mol. The predicted octanol–water partition coefficient (Wildman–Crippen LogP) is 0.913. The Balaban J connectivity index is 2.53. The first kappa shape index (κ1) is 8.77. The molecule has 1 heterocycles. The van der Waals surface area contributed by atoms with Gasteiger partial charge < -0.3 is 16.0 Å². The second-order valence-electron chi connectivity index (χ2n) is 3.06. The Morgan fingerprint density at radius 2 is 2.21 bits per heavy atom. The molecule has 0 spiro atoms. The van der Waals surface area contributed by atoms with Gasteiger partial charge in [0.05, 0.1) is 12.0 Å². The standard InChI is InChI=1S/C10H12N4/c11-6-8-5-9(12)1-2-10(8)14-4-3-13-7-14/h1-5,7H,6,11-12H2. The number of hydrogen-bond donors (Lipinski definition) is 2. The number of nitrogen functional groups attached to an aromatic ring is 1. The second-order valence-corrected chi connectivity index (χ2v) is 3.06. The van der Waals surface area contributed by atoms with E-state index in [1.807, 2.05) is 29.0 Å². The van der Waals surface area contributed by atoms with Gasteiger partial charge in [-0.25, -0.2) is 4.98 Å². The van der Waals surface area contributed by atoms with Crippen LogP contribution in [0.15, 0.2) is 36.9 Å². The van der Waals surface area contributed by atoms with Crippen LogP contribution in [-0.2, 0) is 6.54 Å². The normalized spacial score (nSPS) is 10.4. The van der Waals surface area contributed by atoms with E-state index in [4.69, 9.17) is 11.5 Å². The SMILES string of the molecule is NCc1cc(N)ccc1-n1ccnc1. The first-order chi connectivity index (χ1) is 6.81. The molecule has 0 saturated heterocycles. The molecule has 0 bridgehead atoms. The molecule has 4 heteroatoms. The molecular formula is C10H12N4. The molecule has 2 aromatic rings. The zero-order chi connectivity index (χ0) is 9.97. The van der Waals surface area contributed by atoms with Crippen LogP contribution in [0.3, 0.4) is 0 Å². The maximum Gasteiger partial charge on any atom is 0.0991 e. The summed E-state index contributed by atoms with van der Waals surface area (Å²) in [4.78, 5) is 3.99. The van der Waals surface area contributed by atoms with Crippen LogP contribution in [0.25, 0.3) is 5.69 Å². The van der Waals surface area contributed by atoms with Crippen LogP contribution < -0.4 is 11.5 Å². The van der Waals surface area contributed by atoms with E-state index in [9.17, 15) is 0 Å². The van der Waals surface area contributed by atoms with Crippen LogP contribution in [0.5, 0.6) is 0 Å². The molecular weight excluding hydrogens is 176 g/mol. The fourth-order valence-corrected chi connectivity index (χ4v) is 1.42. The fraction of sp³-hybridized carbons (Fsp3) is 0.100. The van der Waals surface area contributed by atoms with Crippen LogP contribution in [0.2, 0.25) is 0 Å². The number of imidazole rings is 1. The largest absolute Gasteiger partial charge is 0.399 e. The van der Waals surface area contributed by atoms with Gasteiger partial charge in [-0.2, -0.15) is 0 Å². The summed E-state index contributed by atoms with van der Waals surface area (Å²) in [6.07, 6.45) is 5.35. The van der Waals surface area contributed by atoms with Crippen LogP contribution in [-0.4, -0.2) is 9.55 Å². The van der Waals surface area contributed by atoms with Crippen LogP contribution >= 0.6 is 0 Å². The van der Waals surface area contributed by atoms with Crippen molar-refractivity contribution in [2.75, 3.05) is 5.73 Å². The van der Waals surface area contributed by atoms with E-state index in [1.54, 1.807) is 12.5 Å². The highest BCUT2D eigenvalue weighted by Crippen LogP contribution is 2.16. The number of rotatable bonds is 2. The molecule has 0 atom stereocenters. The highest BCUT2D eigenvalue weighted by atomic mass is 15.0. The lowest BCUT2D eigenvalue weighted by molar-refractivity contribution is 0.984. The molecule has 0 aliphatic heterocycles. The topological polar surface area (TPSA) is 69.9 Å². The van der Waals surface area contributed by atoms with Gasteiger partial charge in [-0.05, 0) is 23.8 Å². The number of aromatic nitrogens is 2. The highest BCUT2D eigenvalue weighted by Gasteiger charge is 2.02. The number of nitrogens with zero attached hydrogens (tertiary/aromatic N) is 2. The smallest absolute Gasteiger partial charge is 0.0991 e. The molecule has 4 N–H and O–H groups in total. The van der Waals surface area contributed by atoms with Gasteiger partial charge in [0, 0.05) is 24.6 Å². The van der Waals surface area contributed by atoms with E-state index >= 15 is 0 Å². The molecule has 0 fully saturated rings. The Morgan fingerprint density at radius 1 is 1.36 bits per heavy atom. The van der Waals surface area contributed by atoms with Crippen molar-refractivity contribution < 1.29 is 0 Å². The average Bonchev–Trinajstić information content (AvgIpc) is 2.70. The molecule has 1 aromatic heterocycles.